The molecule has 0 saturated heterocycles. The number of carbonyl (C=O) groups excluding carboxylic acids is 1. The van der Waals surface area contributed by atoms with Crippen LogP contribution in [0.1, 0.15) is 57.6 Å². The molecule has 0 N–H and O–H groups in total. The molecule has 0 fully saturated rings. The third-order valence-electron chi connectivity index (χ3n) is 6.07. The summed E-state index contributed by atoms with van der Waals surface area (Å²) in [5.74, 6) is 0.624. The summed E-state index contributed by atoms with van der Waals surface area (Å²) in [6.45, 7) is 10.9. The number of hydrogen-bond donors (Lipinski definition) is 0. The summed E-state index contributed by atoms with van der Waals surface area (Å²) in [5.41, 5.74) is 4.22. The topological polar surface area (TPSA) is 35.5 Å². The van der Waals surface area contributed by atoms with E-state index < -0.39 is 0 Å². The van der Waals surface area contributed by atoms with Gasteiger partial charge in [0.15, 0.2) is 0 Å². The van der Waals surface area contributed by atoms with E-state index >= 15 is 0 Å². The van der Waals surface area contributed by atoms with E-state index in [9.17, 15) is 4.79 Å². The number of benzene rings is 2. The van der Waals surface area contributed by atoms with Crippen LogP contribution in [0.5, 0.6) is 5.75 Å². The van der Waals surface area contributed by atoms with Crippen LogP contribution in [-0.2, 0) is 22.4 Å². The molecule has 0 aliphatic carbocycles. The van der Waals surface area contributed by atoms with Gasteiger partial charge >= 0.3 is 5.97 Å². The molecule has 1 aromatic heterocycles. The fourth-order valence-electron chi connectivity index (χ4n) is 3.91. The van der Waals surface area contributed by atoms with Gasteiger partial charge in [-0.2, -0.15) is 0 Å². The molecule has 1 atom stereocenters. The Kier molecular flexibility index (Phi) is 9.56. The summed E-state index contributed by atoms with van der Waals surface area (Å²) in [5, 5.41) is 1.24. The van der Waals surface area contributed by atoms with Crippen molar-refractivity contribution >= 4 is 27.4 Å². The minimum absolute atomic E-state index is 0.159. The molecule has 0 saturated carbocycles. The van der Waals surface area contributed by atoms with Crippen LogP contribution in [0.15, 0.2) is 55.1 Å². The predicted molar refractivity (Wildman–Crippen MR) is 140 cm³/mol. The van der Waals surface area contributed by atoms with Crippen LogP contribution in [0.3, 0.4) is 0 Å². The molecule has 0 amide bonds. The maximum Gasteiger partial charge on any atom is 0.330 e. The molecule has 0 aliphatic heterocycles. The number of carbonyl (C=O) groups is 1. The smallest absolute Gasteiger partial charge is 0.330 e. The minimum atomic E-state index is -0.388. The maximum atomic E-state index is 11.3. The third-order valence-corrected chi connectivity index (χ3v) is 7.20. The normalized spacial score (nSPS) is 12.0. The van der Waals surface area contributed by atoms with E-state index in [2.05, 4.69) is 63.7 Å². The Morgan fingerprint density at radius 2 is 1.91 bits per heavy atom. The molecule has 1 heterocycles. The van der Waals surface area contributed by atoms with Crippen molar-refractivity contribution in [2.75, 3.05) is 13.2 Å². The molecular formula is C29H36O3S. The van der Waals surface area contributed by atoms with Gasteiger partial charge in [0.25, 0.3) is 0 Å². The van der Waals surface area contributed by atoms with E-state index in [1.54, 1.807) is 0 Å². The zero-order valence-corrected chi connectivity index (χ0v) is 21.0. The van der Waals surface area contributed by atoms with E-state index in [-0.39, 0.29) is 11.9 Å². The first kappa shape index (κ1) is 25.0. The van der Waals surface area contributed by atoms with E-state index in [4.69, 9.17) is 9.47 Å². The number of ether oxygens (including phenoxy) is 2. The number of thiophene rings is 1. The molecule has 3 nitrogen and oxygen atoms in total. The van der Waals surface area contributed by atoms with Crippen LogP contribution < -0.4 is 4.74 Å². The summed E-state index contributed by atoms with van der Waals surface area (Å²) >= 11 is 1.82. The van der Waals surface area contributed by atoms with Gasteiger partial charge in [0.05, 0.1) is 13.2 Å². The van der Waals surface area contributed by atoms with E-state index in [0.717, 1.165) is 18.6 Å². The SMILES string of the molecule is C=CC(=O)OCC(CC)COc1ccc2cc(-c3ccc(CCCCC)cc3CC)sc2c1. The molecule has 0 bridgehead atoms. The van der Waals surface area contributed by atoms with E-state index in [0.29, 0.717) is 13.2 Å². The lowest BCUT2D eigenvalue weighted by Gasteiger charge is -2.15. The van der Waals surface area contributed by atoms with Crippen LogP contribution in [-0.4, -0.2) is 19.2 Å². The van der Waals surface area contributed by atoms with Crippen molar-refractivity contribution in [2.24, 2.45) is 5.92 Å². The van der Waals surface area contributed by atoms with Crippen LogP contribution in [0.25, 0.3) is 20.5 Å². The third kappa shape index (κ3) is 6.94. The van der Waals surface area contributed by atoms with Gasteiger partial charge in [-0.05, 0) is 72.0 Å². The van der Waals surface area contributed by atoms with Gasteiger partial charge < -0.3 is 9.47 Å². The molecule has 3 aromatic rings. The van der Waals surface area contributed by atoms with Crippen molar-refractivity contribution in [1.29, 1.82) is 0 Å². The summed E-state index contributed by atoms with van der Waals surface area (Å²) in [6.07, 6.45) is 8.09. The van der Waals surface area contributed by atoms with Crippen molar-refractivity contribution in [3.8, 4) is 16.2 Å². The Bertz CT molecular complexity index is 1070. The Balaban J connectivity index is 1.71. The second kappa shape index (κ2) is 12.6. The Morgan fingerprint density at radius 3 is 2.64 bits per heavy atom. The number of unbranched alkanes of at least 4 members (excludes halogenated alkanes) is 2. The predicted octanol–water partition coefficient (Wildman–Crippen LogP) is 8.00. The number of fused-ring (bicyclic) bond motifs is 1. The maximum absolute atomic E-state index is 11.3. The fourth-order valence-corrected chi connectivity index (χ4v) is 5.06. The molecule has 1 unspecified atom stereocenters. The lowest BCUT2D eigenvalue weighted by molar-refractivity contribution is -0.139. The standard InChI is InChI=1S/C29H36O3S/c1-5-9-10-11-22-12-15-26(23(7-3)16-22)28-17-24-13-14-25(18-27(24)33-28)31-19-21(6-2)20-32-29(30)8-4/h8,12-18,21H,4-7,9-11,19-20H2,1-3H3. The first-order valence-electron chi connectivity index (χ1n) is 12.2. The van der Waals surface area contributed by atoms with Gasteiger partial charge in [-0.25, -0.2) is 4.79 Å². The lowest BCUT2D eigenvalue weighted by Crippen LogP contribution is -2.19. The molecule has 176 valence electrons. The first-order valence-corrected chi connectivity index (χ1v) is 13.0. The van der Waals surface area contributed by atoms with Crippen molar-refractivity contribution in [3.05, 3.63) is 66.2 Å². The molecule has 2 aromatic carbocycles. The van der Waals surface area contributed by atoms with Gasteiger partial charge in [-0.3, -0.25) is 0 Å². The van der Waals surface area contributed by atoms with Gasteiger partial charge in [0, 0.05) is 21.6 Å². The quantitative estimate of drug-likeness (QED) is 0.146. The number of rotatable bonds is 13. The zero-order valence-electron chi connectivity index (χ0n) is 20.2. The number of esters is 1. The Hall–Kier alpha value is -2.59. The molecule has 4 heteroatoms. The van der Waals surface area contributed by atoms with Crippen molar-refractivity contribution < 1.29 is 14.3 Å². The first-order chi connectivity index (χ1) is 16.1. The molecule has 3 rings (SSSR count). The number of aryl methyl sites for hydroxylation is 2. The highest BCUT2D eigenvalue weighted by Gasteiger charge is 2.12. The van der Waals surface area contributed by atoms with Crippen LogP contribution in [0.4, 0.5) is 0 Å². The monoisotopic (exact) mass is 464 g/mol. The highest BCUT2D eigenvalue weighted by atomic mass is 32.1. The minimum Gasteiger partial charge on any atom is -0.493 e. The Morgan fingerprint density at radius 1 is 1.06 bits per heavy atom. The van der Waals surface area contributed by atoms with Crippen molar-refractivity contribution in [2.45, 2.75) is 59.3 Å². The zero-order chi connectivity index (χ0) is 23.6. The van der Waals surface area contributed by atoms with Crippen LogP contribution in [0.2, 0.25) is 0 Å². The molecule has 0 radical (unpaired) electrons. The second-order valence-electron chi connectivity index (χ2n) is 8.53. The fraction of sp³-hybridized carbons (Fsp3) is 0.414. The highest BCUT2D eigenvalue weighted by molar-refractivity contribution is 7.22. The van der Waals surface area contributed by atoms with Gasteiger partial charge in [-0.15, -0.1) is 11.3 Å². The lowest BCUT2D eigenvalue weighted by atomic mass is 9.98. The van der Waals surface area contributed by atoms with Crippen molar-refractivity contribution in [1.82, 2.24) is 0 Å². The Labute approximate surface area is 202 Å². The summed E-state index contributed by atoms with van der Waals surface area (Å²) in [7, 11) is 0. The summed E-state index contributed by atoms with van der Waals surface area (Å²) in [6, 6.07) is 15.6. The highest BCUT2D eigenvalue weighted by Crippen LogP contribution is 2.37. The molecule has 0 spiro atoms. The van der Waals surface area contributed by atoms with Gasteiger partial charge in [0.1, 0.15) is 5.75 Å². The molecule has 0 aliphatic rings. The summed E-state index contributed by atoms with van der Waals surface area (Å²) < 4.78 is 12.4. The average Bonchev–Trinajstić information content (AvgIpc) is 3.27. The van der Waals surface area contributed by atoms with Crippen LogP contribution >= 0.6 is 11.3 Å². The average molecular weight is 465 g/mol. The second-order valence-corrected chi connectivity index (χ2v) is 9.62. The number of hydrogen-bond acceptors (Lipinski definition) is 4. The summed E-state index contributed by atoms with van der Waals surface area (Å²) in [4.78, 5) is 12.6. The largest absolute Gasteiger partial charge is 0.493 e. The van der Waals surface area contributed by atoms with E-state index in [1.165, 1.54) is 63.4 Å². The molecular weight excluding hydrogens is 428 g/mol. The van der Waals surface area contributed by atoms with Crippen molar-refractivity contribution in [3.63, 3.8) is 0 Å². The van der Waals surface area contributed by atoms with Crippen LogP contribution in [0, 0.1) is 5.92 Å². The van der Waals surface area contributed by atoms with Gasteiger partial charge in [-0.1, -0.05) is 58.4 Å². The van der Waals surface area contributed by atoms with E-state index in [1.807, 2.05) is 17.4 Å². The van der Waals surface area contributed by atoms with Gasteiger partial charge in [0.2, 0.25) is 0 Å². The molecule has 33 heavy (non-hydrogen) atoms.